The van der Waals surface area contributed by atoms with Gasteiger partial charge in [0.1, 0.15) is 0 Å². The highest BCUT2D eigenvalue weighted by atomic mass is 35.5. The fourth-order valence-electron chi connectivity index (χ4n) is 1.98. The Bertz CT molecular complexity index is 293. The predicted octanol–water partition coefficient (Wildman–Crippen LogP) is 2.51. The molecular formula is C10H14ClN3. The van der Waals surface area contributed by atoms with E-state index in [1.54, 1.807) is 6.07 Å². The first-order valence-corrected chi connectivity index (χ1v) is 5.37. The van der Waals surface area contributed by atoms with Crippen LogP contribution in [0.15, 0.2) is 12.1 Å². The van der Waals surface area contributed by atoms with Crippen LogP contribution >= 0.6 is 11.6 Å². The van der Waals surface area contributed by atoms with E-state index in [0.717, 1.165) is 5.82 Å². The van der Waals surface area contributed by atoms with Crippen molar-refractivity contribution in [3.05, 3.63) is 17.3 Å². The van der Waals surface area contributed by atoms with E-state index in [-0.39, 0.29) is 0 Å². The topological polar surface area (TPSA) is 29.0 Å². The minimum absolute atomic E-state index is 0.452. The van der Waals surface area contributed by atoms with Crippen LogP contribution in [0.25, 0.3) is 0 Å². The van der Waals surface area contributed by atoms with Crippen LogP contribution in [0.5, 0.6) is 0 Å². The maximum absolute atomic E-state index is 5.68. The van der Waals surface area contributed by atoms with Gasteiger partial charge in [-0.2, -0.15) is 0 Å². The van der Waals surface area contributed by atoms with Gasteiger partial charge in [0.2, 0.25) is 0 Å². The Balaban J connectivity index is 2.09. The lowest BCUT2D eigenvalue weighted by molar-refractivity contribution is 0.642. The summed E-state index contributed by atoms with van der Waals surface area (Å²) in [5.74, 6) is 0.918. The molecule has 0 aliphatic heterocycles. The molecule has 76 valence electrons. The summed E-state index contributed by atoms with van der Waals surface area (Å²) in [7, 11) is 2.08. The molecule has 1 aliphatic rings. The van der Waals surface area contributed by atoms with E-state index in [2.05, 4.69) is 22.1 Å². The minimum atomic E-state index is 0.452. The van der Waals surface area contributed by atoms with E-state index >= 15 is 0 Å². The van der Waals surface area contributed by atoms with Crippen LogP contribution in [0.2, 0.25) is 5.15 Å². The Morgan fingerprint density at radius 3 is 2.57 bits per heavy atom. The first kappa shape index (κ1) is 9.71. The van der Waals surface area contributed by atoms with Crippen LogP contribution in [-0.2, 0) is 0 Å². The van der Waals surface area contributed by atoms with Crippen LogP contribution in [-0.4, -0.2) is 23.3 Å². The first-order chi connectivity index (χ1) is 6.77. The Morgan fingerprint density at radius 1 is 1.29 bits per heavy atom. The maximum Gasteiger partial charge on any atom is 0.151 e. The molecule has 2 rings (SSSR count). The van der Waals surface area contributed by atoms with E-state index in [4.69, 9.17) is 11.6 Å². The summed E-state index contributed by atoms with van der Waals surface area (Å²) in [6.45, 7) is 0. The van der Waals surface area contributed by atoms with E-state index < -0.39 is 0 Å². The van der Waals surface area contributed by atoms with Gasteiger partial charge in [-0.15, -0.1) is 10.2 Å². The van der Waals surface area contributed by atoms with Gasteiger partial charge in [-0.25, -0.2) is 0 Å². The minimum Gasteiger partial charge on any atom is -0.355 e. The molecule has 0 saturated heterocycles. The largest absolute Gasteiger partial charge is 0.355 e. The lowest BCUT2D eigenvalue weighted by atomic mass is 10.2. The van der Waals surface area contributed by atoms with Gasteiger partial charge in [-0.1, -0.05) is 24.4 Å². The molecule has 1 heterocycles. The summed E-state index contributed by atoms with van der Waals surface area (Å²) >= 11 is 5.68. The number of hydrogen-bond acceptors (Lipinski definition) is 3. The number of nitrogens with zero attached hydrogens (tertiary/aromatic N) is 3. The molecule has 0 N–H and O–H groups in total. The monoisotopic (exact) mass is 211 g/mol. The molecule has 1 saturated carbocycles. The number of rotatable bonds is 2. The third-order valence-corrected chi connectivity index (χ3v) is 3.05. The normalized spacial score (nSPS) is 17.3. The SMILES string of the molecule is CN(c1ccc(Cl)nn1)C1CCCC1. The predicted molar refractivity (Wildman–Crippen MR) is 57.7 cm³/mol. The fourth-order valence-corrected chi connectivity index (χ4v) is 2.08. The Labute approximate surface area is 89.1 Å². The second-order valence-corrected chi connectivity index (χ2v) is 4.15. The quantitative estimate of drug-likeness (QED) is 0.753. The van der Waals surface area contributed by atoms with Gasteiger partial charge in [0.15, 0.2) is 11.0 Å². The molecule has 0 aromatic carbocycles. The van der Waals surface area contributed by atoms with Crippen LogP contribution in [0.1, 0.15) is 25.7 Å². The smallest absolute Gasteiger partial charge is 0.151 e. The van der Waals surface area contributed by atoms with Gasteiger partial charge in [0, 0.05) is 13.1 Å². The number of halogens is 1. The van der Waals surface area contributed by atoms with E-state index in [1.807, 2.05) is 6.07 Å². The van der Waals surface area contributed by atoms with E-state index in [0.29, 0.717) is 11.2 Å². The van der Waals surface area contributed by atoms with Gasteiger partial charge in [-0.05, 0) is 25.0 Å². The standard InChI is InChI=1S/C10H14ClN3/c1-14(8-4-2-3-5-8)10-7-6-9(11)12-13-10/h6-8H,2-5H2,1H3. The van der Waals surface area contributed by atoms with Crippen molar-refractivity contribution in [2.24, 2.45) is 0 Å². The molecule has 0 atom stereocenters. The summed E-state index contributed by atoms with van der Waals surface area (Å²) < 4.78 is 0. The lowest BCUT2D eigenvalue weighted by Gasteiger charge is -2.24. The Hall–Kier alpha value is -0.830. The number of hydrogen-bond donors (Lipinski definition) is 0. The first-order valence-electron chi connectivity index (χ1n) is 4.99. The van der Waals surface area contributed by atoms with E-state index in [1.165, 1.54) is 25.7 Å². The van der Waals surface area contributed by atoms with Gasteiger partial charge in [-0.3, -0.25) is 0 Å². The zero-order valence-electron chi connectivity index (χ0n) is 8.28. The molecule has 1 aromatic rings. The lowest BCUT2D eigenvalue weighted by Crippen LogP contribution is -2.29. The summed E-state index contributed by atoms with van der Waals surface area (Å²) in [6, 6.07) is 4.34. The van der Waals surface area contributed by atoms with Crippen molar-refractivity contribution in [2.75, 3.05) is 11.9 Å². The summed E-state index contributed by atoms with van der Waals surface area (Å²) in [6.07, 6.45) is 5.19. The van der Waals surface area contributed by atoms with Gasteiger partial charge < -0.3 is 4.90 Å². The molecule has 1 aromatic heterocycles. The highest BCUT2D eigenvalue weighted by Crippen LogP contribution is 2.25. The van der Waals surface area contributed by atoms with Crippen molar-refractivity contribution in [3.63, 3.8) is 0 Å². The van der Waals surface area contributed by atoms with Crippen molar-refractivity contribution in [2.45, 2.75) is 31.7 Å². The molecule has 0 bridgehead atoms. The van der Waals surface area contributed by atoms with Crippen LogP contribution in [0, 0.1) is 0 Å². The fraction of sp³-hybridized carbons (Fsp3) is 0.600. The van der Waals surface area contributed by atoms with Crippen molar-refractivity contribution in [1.82, 2.24) is 10.2 Å². The van der Waals surface area contributed by atoms with Crippen LogP contribution in [0.3, 0.4) is 0 Å². The average Bonchev–Trinajstić information content (AvgIpc) is 2.71. The number of aromatic nitrogens is 2. The highest BCUT2D eigenvalue weighted by Gasteiger charge is 2.20. The van der Waals surface area contributed by atoms with Crippen molar-refractivity contribution in [1.29, 1.82) is 0 Å². The summed E-state index contributed by atoms with van der Waals surface area (Å²) in [4.78, 5) is 2.20. The molecule has 3 nitrogen and oxygen atoms in total. The van der Waals surface area contributed by atoms with Crippen LogP contribution in [0.4, 0.5) is 5.82 Å². The average molecular weight is 212 g/mol. The van der Waals surface area contributed by atoms with Crippen LogP contribution < -0.4 is 4.90 Å². The molecule has 0 amide bonds. The molecular weight excluding hydrogens is 198 g/mol. The highest BCUT2D eigenvalue weighted by molar-refractivity contribution is 6.29. The molecule has 0 radical (unpaired) electrons. The molecule has 4 heteroatoms. The Morgan fingerprint density at radius 2 is 2.00 bits per heavy atom. The molecule has 14 heavy (non-hydrogen) atoms. The van der Waals surface area contributed by atoms with Gasteiger partial charge >= 0.3 is 0 Å². The van der Waals surface area contributed by atoms with Crippen molar-refractivity contribution in [3.8, 4) is 0 Å². The number of anilines is 1. The van der Waals surface area contributed by atoms with Crippen molar-refractivity contribution < 1.29 is 0 Å². The second kappa shape index (κ2) is 4.13. The third-order valence-electron chi connectivity index (χ3n) is 2.85. The molecule has 1 fully saturated rings. The van der Waals surface area contributed by atoms with Gasteiger partial charge in [0.05, 0.1) is 0 Å². The molecule has 0 spiro atoms. The second-order valence-electron chi connectivity index (χ2n) is 3.76. The maximum atomic E-state index is 5.68. The summed E-state index contributed by atoms with van der Waals surface area (Å²) in [5.41, 5.74) is 0. The van der Waals surface area contributed by atoms with Crippen molar-refractivity contribution >= 4 is 17.4 Å². The van der Waals surface area contributed by atoms with E-state index in [9.17, 15) is 0 Å². The third kappa shape index (κ3) is 1.98. The van der Waals surface area contributed by atoms with Gasteiger partial charge in [0.25, 0.3) is 0 Å². The molecule has 1 aliphatic carbocycles. The zero-order chi connectivity index (χ0) is 9.97. The zero-order valence-corrected chi connectivity index (χ0v) is 9.04. The molecule has 0 unspecified atom stereocenters. The summed E-state index contributed by atoms with van der Waals surface area (Å²) in [5, 5.41) is 8.36. The Kier molecular flexibility index (Phi) is 2.87.